The quantitative estimate of drug-likeness (QED) is 0.272. The Balaban J connectivity index is 1.74. The zero-order valence-corrected chi connectivity index (χ0v) is 21.4. The van der Waals surface area contributed by atoms with Gasteiger partial charge in [-0.15, -0.1) is 0 Å². The molecule has 0 aliphatic heterocycles. The van der Waals surface area contributed by atoms with Gasteiger partial charge >= 0.3 is 0 Å². The molecule has 0 aliphatic rings. The summed E-state index contributed by atoms with van der Waals surface area (Å²) >= 11 is 6.16. The number of ketones is 2. The van der Waals surface area contributed by atoms with Crippen molar-refractivity contribution in [3.63, 3.8) is 0 Å². The van der Waals surface area contributed by atoms with Gasteiger partial charge in [-0.25, -0.2) is 4.98 Å². The molecule has 0 radical (unpaired) electrons. The Morgan fingerprint density at radius 1 is 1.18 bits per heavy atom. The van der Waals surface area contributed by atoms with Crippen molar-refractivity contribution >= 4 is 23.2 Å². The Kier molecular flexibility index (Phi) is 8.14. The maximum absolute atomic E-state index is 13.5. The molecule has 4 aromatic rings. The molecule has 3 aromatic heterocycles. The van der Waals surface area contributed by atoms with Crippen molar-refractivity contribution in [2.45, 2.75) is 32.2 Å². The molecule has 0 bridgehead atoms. The van der Waals surface area contributed by atoms with Gasteiger partial charge in [-0.05, 0) is 29.8 Å². The number of benzene rings is 1. The Bertz CT molecular complexity index is 1570. The third kappa shape index (κ3) is 5.71. The first-order chi connectivity index (χ1) is 18.3. The maximum Gasteiger partial charge on any atom is 0.252 e. The summed E-state index contributed by atoms with van der Waals surface area (Å²) in [7, 11) is 1.43. The van der Waals surface area contributed by atoms with Crippen molar-refractivity contribution in [1.29, 1.82) is 5.26 Å². The smallest absolute Gasteiger partial charge is 0.252 e. The van der Waals surface area contributed by atoms with Gasteiger partial charge in [0.1, 0.15) is 23.2 Å². The number of rotatable bonds is 10. The summed E-state index contributed by atoms with van der Waals surface area (Å²) in [5.74, 6) is 0.323. The first-order valence-electron chi connectivity index (χ1n) is 11.7. The standard InChI is InChI=1S/C28H23ClN4O5/c1-3-25(34)23-7-4-17(13-32-23)8-26(35)24(10-20-14-31-16-38-20)33-15-27(37-2)22(11-28(33)36)21-9-19(29)6-5-18(21)12-30/h4-7,9,11,13-16,24H,3,8,10H2,1-2H3. The van der Waals surface area contributed by atoms with E-state index >= 15 is 0 Å². The number of ether oxygens (including phenoxy) is 1. The number of hydrogen-bond acceptors (Lipinski definition) is 8. The van der Waals surface area contributed by atoms with Gasteiger partial charge in [0.2, 0.25) is 0 Å². The van der Waals surface area contributed by atoms with E-state index in [1.165, 1.54) is 42.7 Å². The molecule has 1 aromatic carbocycles. The molecule has 0 N–H and O–H groups in total. The lowest BCUT2D eigenvalue weighted by Crippen LogP contribution is -2.32. The van der Waals surface area contributed by atoms with Crippen molar-refractivity contribution in [3.05, 3.63) is 99.3 Å². The van der Waals surface area contributed by atoms with Crippen LogP contribution in [-0.2, 0) is 17.6 Å². The zero-order chi connectivity index (χ0) is 27.2. The lowest BCUT2D eigenvalue weighted by Gasteiger charge is -2.20. The topological polar surface area (TPSA) is 128 Å². The SMILES string of the molecule is CCC(=O)c1ccc(CC(=O)C(Cc2cnco2)n2cc(OC)c(-c3cc(Cl)ccc3C#N)cc2=O)cn1. The number of hydrogen-bond donors (Lipinski definition) is 0. The number of Topliss-reactive ketones (excluding diaryl/α,β-unsaturated/α-hetero) is 2. The van der Waals surface area contributed by atoms with Gasteiger partial charge in [0.15, 0.2) is 18.0 Å². The van der Waals surface area contributed by atoms with E-state index in [-0.39, 0.29) is 30.2 Å². The van der Waals surface area contributed by atoms with Crippen LogP contribution in [0, 0.1) is 11.3 Å². The van der Waals surface area contributed by atoms with Crippen LogP contribution in [0.4, 0.5) is 0 Å². The van der Waals surface area contributed by atoms with E-state index < -0.39 is 11.6 Å². The van der Waals surface area contributed by atoms with Crippen LogP contribution in [0.1, 0.15) is 46.8 Å². The number of aromatic nitrogens is 3. The van der Waals surface area contributed by atoms with E-state index in [1.54, 1.807) is 37.3 Å². The first-order valence-corrected chi connectivity index (χ1v) is 12.1. The van der Waals surface area contributed by atoms with E-state index in [9.17, 15) is 19.6 Å². The lowest BCUT2D eigenvalue weighted by molar-refractivity contribution is -0.121. The summed E-state index contributed by atoms with van der Waals surface area (Å²) in [6, 6.07) is 10.5. The van der Waals surface area contributed by atoms with Crippen LogP contribution in [0.15, 0.2) is 70.6 Å². The molecule has 1 unspecified atom stereocenters. The van der Waals surface area contributed by atoms with Crippen molar-refractivity contribution in [3.8, 4) is 22.9 Å². The second kappa shape index (κ2) is 11.7. The molecule has 38 heavy (non-hydrogen) atoms. The van der Waals surface area contributed by atoms with Crippen LogP contribution < -0.4 is 10.3 Å². The summed E-state index contributed by atoms with van der Waals surface area (Å²) in [4.78, 5) is 46.9. The lowest BCUT2D eigenvalue weighted by atomic mass is 9.98. The number of carbonyl (C=O) groups is 2. The number of methoxy groups -OCH3 is 1. The highest BCUT2D eigenvalue weighted by atomic mass is 35.5. The van der Waals surface area contributed by atoms with E-state index in [0.29, 0.717) is 45.2 Å². The molecule has 0 fully saturated rings. The number of halogens is 1. The third-order valence-corrected chi connectivity index (χ3v) is 6.29. The molecule has 3 heterocycles. The molecule has 1 atom stereocenters. The van der Waals surface area contributed by atoms with Crippen molar-refractivity contribution < 1.29 is 18.7 Å². The van der Waals surface area contributed by atoms with Crippen LogP contribution in [0.2, 0.25) is 5.02 Å². The molecule has 192 valence electrons. The molecule has 9 nitrogen and oxygen atoms in total. The average Bonchev–Trinajstić information content (AvgIpc) is 3.45. The predicted octanol–water partition coefficient (Wildman–Crippen LogP) is 4.62. The molecular weight excluding hydrogens is 508 g/mol. The monoisotopic (exact) mass is 530 g/mol. The van der Waals surface area contributed by atoms with Crippen LogP contribution in [-0.4, -0.2) is 33.2 Å². The summed E-state index contributed by atoms with van der Waals surface area (Å²) in [6.07, 6.45) is 6.03. The second-order valence-electron chi connectivity index (χ2n) is 8.46. The van der Waals surface area contributed by atoms with Crippen LogP contribution >= 0.6 is 11.6 Å². The number of pyridine rings is 2. The van der Waals surface area contributed by atoms with Crippen LogP contribution in [0.5, 0.6) is 5.75 Å². The normalized spacial score (nSPS) is 11.5. The molecule has 0 saturated carbocycles. The van der Waals surface area contributed by atoms with Crippen molar-refractivity contribution in [2.75, 3.05) is 7.11 Å². The maximum atomic E-state index is 13.5. The number of nitrogens with zero attached hydrogens (tertiary/aromatic N) is 4. The van der Waals surface area contributed by atoms with Gasteiger partial charge in [-0.1, -0.05) is 24.6 Å². The van der Waals surface area contributed by atoms with E-state index in [4.69, 9.17) is 20.8 Å². The summed E-state index contributed by atoms with van der Waals surface area (Å²) in [5, 5.41) is 9.96. The minimum Gasteiger partial charge on any atom is -0.495 e. The van der Waals surface area contributed by atoms with E-state index in [1.807, 2.05) is 0 Å². The Hall–Kier alpha value is -4.55. The summed E-state index contributed by atoms with van der Waals surface area (Å²) in [5.41, 5.74) is 1.57. The number of carbonyl (C=O) groups excluding carboxylic acids is 2. The molecule has 4 rings (SSSR count). The van der Waals surface area contributed by atoms with E-state index in [0.717, 1.165) is 0 Å². The largest absolute Gasteiger partial charge is 0.495 e. The minimum absolute atomic E-state index is 0.0320. The van der Waals surface area contributed by atoms with Gasteiger partial charge in [-0.3, -0.25) is 19.4 Å². The fourth-order valence-corrected chi connectivity index (χ4v) is 4.25. The highest BCUT2D eigenvalue weighted by Crippen LogP contribution is 2.33. The first kappa shape index (κ1) is 26.5. The van der Waals surface area contributed by atoms with Gasteiger partial charge < -0.3 is 13.7 Å². The highest BCUT2D eigenvalue weighted by Gasteiger charge is 2.26. The van der Waals surface area contributed by atoms with Gasteiger partial charge in [0.25, 0.3) is 5.56 Å². The van der Waals surface area contributed by atoms with Gasteiger partial charge in [-0.2, -0.15) is 5.26 Å². The predicted molar refractivity (Wildman–Crippen MR) is 139 cm³/mol. The van der Waals surface area contributed by atoms with Gasteiger partial charge in [0.05, 0.1) is 31.1 Å². The fourth-order valence-electron chi connectivity index (χ4n) is 4.08. The van der Waals surface area contributed by atoms with Crippen LogP contribution in [0.25, 0.3) is 11.1 Å². The van der Waals surface area contributed by atoms with Crippen molar-refractivity contribution in [2.24, 2.45) is 0 Å². The fraction of sp³-hybridized carbons (Fsp3) is 0.214. The Morgan fingerprint density at radius 2 is 2.00 bits per heavy atom. The minimum atomic E-state index is -0.954. The average molecular weight is 531 g/mol. The second-order valence-corrected chi connectivity index (χ2v) is 8.90. The number of oxazole rings is 1. The summed E-state index contributed by atoms with van der Waals surface area (Å²) in [6.45, 7) is 1.75. The van der Waals surface area contributed by atoms with E-state index in [2.05, 4.69) is 16.0 Å². The molecule has 0 amide bonds. The third-order valence-electron chi connectivity index (χ3n) is 6.05. The number of nitriles is 1. The Morgan fingerprint density at radius 3 is 2.63 bits per heavy atom. The molecule has 0 aliphatic carbocycles. The Labute approximate surface area is 223 Å². The molecular formula is C28H23ClN4O5. The summed E-state index contributed by atoms with van der Waals surface area (Å²) < 4.78 is 12.2. The van der Waals surface area contributed by atoms with Crippen molar-refractivity contribution in [1.82, 2.24) is 14.5 Å². The molecule has 0 spiro atoms. The zero-order valence-electron chi connectivity index (χ0n) is 20.7. The highest BCUT2D eigenvalue weighted by molar-refractivity contribution is 6.31. The van der Waals surface area contributed by atoms with Gasteiger partial charge in [0, 0.05) is 47.7 Å². The van der Waals surface area contributed by atoms with Crippen LogP contribution in [0.3, 0.4) is 0 Å². The molecule has 0 saturated heterocycles. The molecule has 10 heteroatoms.